The largest absolute Gasteiger partial charge is 1.00 e. The second kappa shape index (κ2) is 10.7. The van der Waals surface area contributed by atoms with Crippen molar-refractivity contribution in [3.8, 4) is 0 Å². The Morgan fingerprint density at radius 3 is 2.46 bits per heavy atom. The molecule has 2 atom stereocenters. The zero-order valence-electron chi connectivity index (χ0n) is 15.9. The van der Waals surface area contributed by atoms with E-state index in [-0.39, 0.29) is 31.1 Å². The van der Waals surface area contributed by atoms with Crippen LogP contribution in [0.4, 0.5) is 4.79 Å². The maximum absolute atomic E-state index is 12.8. The van der Waals surface area contributed by atoms with E-state index in [0.717, 1.165) is 24.8 Å². The van der Waals surface area contributed by atoms with E-state index < -0.39 is 12.0 Å². The zero-order valence-corrected chi connectivity index (χ0v) is 16.6. The number of benzene rings is 1. The number of carbonyl (C=O) groups is 2. The zero-order chi connectivity index (χ0) is 19.1. The molecule has 6 nitrogen and oxygen atoms in total. The molecule has 1 aliphatic heterocycles. The molecule has 3 rings (SSSR count). The summed E-state index contributed by atoms with van der Waals surface area (Å²) in [5, 5.41) is 0. The van der Waals surface area contributed by atoms with Gasteiger partial charge in [0, 0.05) is 18.7 Å². The fourth-order valence-electron chi connectivity index (χ4n) is 3.57. The first-order valence-corrected chi connectivity index (χ1v) is 9.21. The molecule has 28 heavy (non-hydrogen) atoms. The van der Waals surface area contributed by atoms with Gasteiger partial charge < -0.3 is 26.8 Å². The van der Waals surface area contributed by atoms with Crippen LogP contribution in [0.15, 0.2) is 60.9 Å². The van der Waals surface area contributed by atoms with Gasteiger partial charge in [0.25, 0.3) is 6.73 Å². The number of hydrogen-bond acceptors (Lipinski definition) is 4. The molecule has 1 saturated heterocycles. The van der Waals surface area contributed by atoms with Crippen molar-refractivity contribution in [2.24, 2.45) is 0 Å². The number of methoxy groups -OCH3 is 1. The molecular weight excluding hydrogens is 380 g/mol. The Morgan fingerprint density at radius 1 is 1.11 bits per heavy atom. The molecule has 0 spiro atoms. The van der Waals surface area contributed by atoms with Crippen LogP contribution in [-0.2, 0) is 21.0 Å². The van der Waals surface area contributed by atoms with Crippen LogP contribution in [0.5, 0.6) is 0 Å². The second-order valence-electron chi connectivity index (χ2n) is 6.60. The fourth-order valence-corrected chi connectivity index (χ4v) is 3.57. The van der Waals surface area contributed by atoms with Crippen molar-refractivity contribution in [3.63, 3.8) is 0 Å². The lowest BCUT2D eigenvalue weighted by molar-refractivity contribution is -0.727. The summed E-state index contributed by atoms with van der Waals surface area (Å²) in [5.41, 5.74) is 0.853. The third-order valence-electron chi connectivity index (χ3n) is 4.90. The SMILES string of the molecule is COC(=O)C(c1ccccc1)C1CCCCN1C(=O)OC[n+]1ccccc1.[Cl-]. The molecule has 1 aliphatic rings. The maximum Gasteiger partial charge on any atom is 0.414 e. The molecule has 0 bridgehead atoms. The molecule has 1 amide bonds. The van der Waals surface area contributed by atoms with Crippen LogP contribution < -0.4 is 17.0 Å². The summed E-state index contributed by atoms with van der Waals surface area (Å²) in [6.07, 6.45) is 5.86. The van der Waals surface area contributed by atoms with Gasteiger partial charge in [-0.15, -0.1) is 0 Å². The minimum atomic E-state index is -0.520. The summed E-state index contributed by atoms with van der Waals surface area (Å²) in [7, 11) is 1.38. The van der Waals surface area contributed by atoms with Crippen LogP contribution in [0.1, 0.15) is 30.7 Å². The number of aromatic nitrogens is 1. The number of ether oxygens (including phenoxy) is 2. The molecule has 0 saturated carbocycles. The number of carbonyl (C=O) groups excluding carboxylic acids is 2. The molecule has 1 aromatic carbocycles. The molecule has 0 radical (unpaired) electrons. The number of pyridine rings is 1. The van der Waals surface area contributed by atoms with Crippen molar-refractivity contribution in [3.05, 3.63) is 66.5 Å². The molecule has 1 fully saturated rings. The Hall–Kier alpha value is -2.60. The van der Waals surface area contributed by atoms with Crippen molar-refractivity contribution in [2.45, 2.75) is 38.0 Å². The van der Waals surface area contributed by atoms with Gasteiger partial charge >= 0.3 is 12.1 Å². The maximum atomic E-state index is 12.8. The number of nitrogens with zero attached hydrogens (tertiary/aromatic N) is 2. The van der Waals surface area contributed by atoms with E-state index in [1.54, 1.807) is 9.47 Å². The van der Waals surface area contributed by atoms with Gasteiger partial charge in [-0.05, 0) is 24.8 Å². The Kier molecular flexibility index (Phi) is 8.26. The van der Waals surface area contributed by atoms with Crippen molar-refractivity contribution < 1.29 is 36.0 Å². The first kappa shape index (κ1) is 21.7. The number of rotatable bonds is 5. The van der Waals surface area contributed by atoms with Crippen LogP contribution in [0, 0.1) is 0 Å². The quantitative estimate of drug-likeness (QED) is 0.515. The highest BCUT2D eigenvalue weighted by atomic mass is 35.5. The molecular formula is C21H25ClN2O4. The number of piperidine rings is 1. The van der Waals surface area contributed by atoms with E-state index >= 15 is 0 Å². The summed E-state index contributed by atoms with van der Waals surface area (Å²) in [4.78, 5) is 27.0. The van der Waals surface area contributed by atoms with Gasteiger partial charge in [-0.2, -0.15) is 4.57 Å². The van der Waals surface area contributed by atoms with Crippen LogP contribution in [0.25, 0.3) is 0 Å². The lowest BCUT2D eigenvalue weighted by atomic mass is 9.85. The van der Waals surface area contributed by atoms with Gasteiger partial charge in [0.05, 0.1) is 13.2 Å². The lowest BCUT2D eigenvalue weighted by Crippen LogP contribution is -3.00. The van der Waals surface area contributed by atoms with Crippen LogP contribution >= 0.6 is 0 Å². The summed E-state index contributed by atoms with van der Waals surface area (Å²) >= 11 is 0. The summed E-state index contributed by atoms with van der Waals surface area (Å²) in [6.45, 7) is 0.709. The van der Waals surface area contributed by atoms with Crippen LogP contribution in [0.3, 0.4) is 0 Å². The molecule has 0 aliphatic carbocycles. The number of likely N-dealkylation sites (tertiary alicyclic amines) is 1. The van der Waals surface area contributed by atoms with E-state index in [1.807, 2.05) is 60.9 Å². The summed E-state index contributed by atoms with van der Waals surface area (Å²) in [6, 6.07) is 14.9. The van der Waals surface area contributed by atoms with E-state index in [4.69, 9.17) is 9.47 Å². The number of amides is 1. The second-order valence-corrected chi connectivity index (χ2v) is 6.60. The fraction of sp³-hybridized carbons (Fsp3) is 0.381. The molecule has 2 heterocycles. The van der Waals surface area contributed by atoms with Gasteiger partial charge in [0.15, 0.2) is 12.4 Å². The van der Waals surface area contributed by atoms with Gasteiger partial charge in [-0.25, -0.2) is 4.79 Å². The molecule has 7 heteroatoms. The van der Waals surface area contributed by atoms with Gasteiger partial charge in [0.1, 0.15) is 5.92 Å². The van der Waals surface area contributed by atoms with Crippen molar-refractivity contribution in [1.29, 1.82) is 0 Å². The Balaban J connectivity index is 0.00000280. The van der Waals surface area contributed by atoms with Gasteiger partial charge in [-0.1, -0.05) is 36.4 Å². The molecule has 150 valence electrons. The minimum Gasteiger partial charge on any atom is -1.00 e. The highest BCUT2D eigenvalue weighted by molar-refractivity contribution is 5.80. The average Bonchev–Trinajstić information content (AvgIpc) is 2.74. The molecule has 0 N–H and O–H groups in total. The third kappa shape index (κ3) is 5.23. The first-order valence-electron chi connectivity index (χ1n) is 9.21. The molecule has 1 aromatic heterocycles. The van der Waals surface area contributed by atoms with E-state index in [1.165, 1.54) is 7.11 Å². The summed E-state index contributed by atoms with van der Waals surface area (Å²) < 4.78 is 12.3. The topological polar surface area (TPSA) is 59.7 Å². The highest BCUT2D eigenvalue weighted by Crippen LogP contribution is 2.32. The predicted octanol–water partition coefficient (Wildman–Crippen LogP) is -0.116. The first-order chi connectivity index (χ1) is 13.2. The van der Waals surface area contributed by atoms with Crippen LogP contribution in [-0.4, -0.2) is 36.7 Å². The lowest BCUT2D eigenvalue weighted by Gasteiger charge is -2.38. The average molecular weight is 405 g/mol. The normalized spacial score (nSPS) is 17.2. The number of esters is 1. The summed E-state index contributed by atoms with van der Waals surface area (Å²) in [5.74, 6) is -0.850. The van der Waals surface area contributed by atoms with E-state index in [2.05, 4.69) is 0 Å². The molecule has 2 aromatic rings. The van der Waals surface area contributed by atoms with Crippen molar-refractivity contribution in [1.82, 2.24) is 4.90 Å². The van der Waals surface area contributed by atoms with Crippen molar-refractivity contribution >= 4 is 12.1 Å². The highest BCUT2D eigenvalue weighted by Gasteiger charge is 2.39. The van der Waals surface area contributed by atoms with E-state index in [9.17, 15) is 9.59 Å². The van der Waals surface area contributed by atoms with Gasteiger partial charge in [-0.3, -0.25) is 4.79 Å². The van der Waals surface area contributed by atoms with E-state index in [0.29, 0.717) is 6.54 Å². The minimum absolute atomic E-state index is 0. The third-order valence-corrected chi connectivity index (χ3v) is 4.90. The molecule has 2 unspecified atom stereocenters. The van der Waals surface area contributed by atoms with Crippen LogP contribution in [0.2, 0.25) is 0 Å². The van der Waals surface area contributed by atoms with Crippen molar-refractivity contribution in [2.75, 3.05) is 13.7 Å². The predicted molar refractivity (Wildman–Crippen MR) is 98.7 cm³/mol. The van der Waals surface area contributed by atoms with Gasteiger partial charge in [0.2, 0.25) is 0 Å². The number of hydrogen-bond donors (Lipinski definition) is 0. The Labute approximate surface area is 171 Å². The Morgan fingerprint density at radius 2 is 1.79 bits per heavy atom. The Bertz CT molecular complexity index is 758. The standard InChI is InChI=1S/C21H25N2O4.ClH/c1-26-20(24)19(17-10-4-2-5-11-17)18-12-6-9-15-23(18)21(25)27-16-22-13-7-3-8-14-22;/h2-5,7-8,10-11,13-14,18-19H,6,9,12,15-16H2,1H3;1H/q+1;/p-1. The number of halogens is 1. The monoisotopic (exact) mass is 404 g/mol. The smallest absolute Gasteiger partial charge is 0.414 e.